The topological polar surface area (TPSA) is 43.8 Å². The number of hydrogen-bond acceptors (Lipinski definition) is 2. The third kappa shape index (κ3) is 1.83. The van der Waals surface area contributed by atoms with Crippen LogP contribution < -0.4 is 5.73 Å². The Morgan fingerprint density at radius 3 is 2.60 bits per heavy atom. The monoisotopic (exact) mass is 221 g/mol. The summed E-state index contributed by atoms with van der Waals surface area (Å²) < 4.78 is 1.70. The molecule has 1 aromatic heterocycles. The molecule has 15 heavy (non-hydrogen) atoms. The van der Waals surface area contributed by atoms with Crippen molar-refractivity contribution in [2.75, 3.05) is 5.73 Å². The number of nitrogens with two attached hydrogens (primary N) is 1. The molecule has 78 valence electrons. The highest BCUT2D eigenvalue weighted by atomic mass is 35.5. The van der Waals surface area contributed by atoms with Gasteiger partial charge in [0.25, 0.3) is 0 Å². The lowest BCUT2D eigenvalue weighted by molar-refractivity contribution is 0.865. The van der Waals surface area contributed by atoms with Gasteiger partial charge in [0.05, 0.1) is 11.4 Å². The summed E-state index contributed by atoms with van der Waals surface area (Å²) in [6, 6.07) is 7.50. The highest BCUT2D eigenvalue weighted by Gasteiger charge is 2.07. The van der Waals surface area contributed by atoms with Gasteiger partial charge in [-0.2, -0.15) is 5.10 Å². The lowest BCUT2D eigenvalue weighted by Crippen LogP contribution is -2.03. The van der Waals surface area contributed by atoms with Gasteiger partial charge in [0.15, 0.2) is 0 Å². The first-order valence-electron chi connectivity index (χ1n) is 4.66. The molecule has 0 aliphatic rings. The molecule has 2 N–H and O–H groups in total. The number of hydrogen-bond donors (Lipinski definition) is 1. The summed E-state index contributed by atoms with van der Waals surface area (Å²) in [5.74, 6) is 0.623. The summed E-state index contributed by atoms with van der Waals surface area (Å²) in [5.41, 5.74) is 8.76. The molecule has 0 saturated carbocycles. The van der Waals surface area contributed by atoms with E-state index in [-0.39, 0.29) is 0 Å². The normalized spacial score (nSPS) is 10.6. The largest absolute Gasteiger partial charge is 0.384 e. The summed E-state index contributed by atoms with van der Waals surface area (Å²) in [7, 11) is 0. The van der Waals surface area contributed by atoms with Crippen molar-refractivity contribution in [3.05, 3.63) is 40.5 Å². The van der Waals surface area contributed by atoms with E-state index in [0.717, 1.165) is 16.9 Å². The van der Waals surface area contributed by atoms with Crippen molar-refractivity contribution >= 4 is 17.4 Å². The number of nitrogen functional groups attached to an aromatic ring is 1. The van der Waals surface area contributed by atoms with E-state index in [1.165, 1.54) is 0 Å². The Balaban J connectivity index is 2.62. The number of rotatable bonds is 1. The van der Waals surface area contributed by atoms with Crippen molar-refractivity contribution in [2.24, 2.45) is 0 Å². The second-order valence-electron chi connectivity index (χ2n) is 3.55. The maximum Gasteiger partial charge on any atom is 0.127 e. The van der Waals surface area contributed by atoms with Gasteiger partial charge in [-0.3, -0.25) is 0 Å². The van der Waals surface area contributed by atoms with Crippen molar-refractivity contribution in [2.45, 2.75) is 13.8 Å². The van der Waals surface area contributed by atoms with E-state index < -0.39 is 0 Å². The van der Waals surface area contributed by atoms with Gasteiger partial charge in [0, 0.05) is 11.1 Å². The van der Waals surface area contributed by atoms with Crippen LogP contribution in [-0.4, -0.2) is 9.78 Å². The van der Waals surface area contributed by atoms with Crippen LogP contribution in [-0.2, 0) is 0 Å². The molecular formula is C11H12ClN3. The maximum absolute atomic E-state index is 5.94. The first-order chi connectivity index (χ1) is 7.08. The summed E-state index contributed by atoms with van der Waals surface area (Å²) >= 11 is 5.94. The molecule has 2 aromatic rings. The van der Waals surface area contributed by atoms with E-state index in [1.54, 1.807) is 4.68 Å². The summed E-state index contributed by atoms with van der Waals surface area (Å²) in [6.07, 6.45) is 0. The van der Waals surface area contributed by atoms with Gasteiger partial charge < -0.3 is 5.73 Å². The van der Waals surface area contributed by atoms with E-state index >= 15 is 0 Å². The molecule has 0 atom stereocenters. The first-order valence-corrected chi connectivity index (χ1v) is 5.04. The molecule has 0 spiro atoms. The number of nitrogens with zero attached hydrogens (tertiary/aromatic N) is 2. The Hall–Kier alpha value is -1.48. The second-order valence-corrected chi connectivity index (χ2v) is 3.99. The van der Waals surface area contributed by atoms with Crippen molar-refractivity contribution in [3.63, 3.8) is 0 Å². The Bertz CT molecular complexity index is 503. The Morgan fingerprint density at radius 1 is 1.27 bits per heavy atom. The molecule has 0 fully saturated rings. The zero-order chi connectivity index (χ0) is 11.0. The fourth-order valence-electron chi connectivity index (χ4n) is 1.52. The average Bonchev–Trinajstić information content (AvgIpc) is 2.50. The zero-order valence-electron chi connectivity index (χ0n) is 8.66. The quantitative estimate of drug-likeness (QED) is 0.805. The van der Waals surface area contributed by atoms with E-state index in [9.17, 15) is 0 Å². The van der Waals surface area contributed by atoms with Crippen LogP contribution in [0.2, 0.25) is 5.02 Å². The van der Waals surface area contributed by atoms with Gasteiger partial charge in [0.2, 0.25) is 0 Å². The fraction of sp³-hybridized carbons (Fsp3) is 0.182. The molecule has 0 aliphatic carbocycles. The predicted molar refractivity (Wildman–Crippen MR) is 62.5 cm³/mol. The van der Waals surface area contributed by atoms with Gasteiger partial charge >= 0.3 is 0 Å². The van der Waals surface area contributed by atoms with Crippen LogP contribution in [0.5, 0.6) is 0 Å². The minimum atomic E-state index is 0.623. The lowest BCUT2D eigenvalue weighted by Gasteiger charge is -2.07. The predicted octanol–water partition coefficient (Wildman–Crippen LogP) is 2.72. The van der Waals surface area contributed by atoms with Gasteiger partial charge in [-0.25, -0.2) is 4.68 Å². The molecule has 0 saturated heterocycles. The van der Waals surface area contributed by atoms with E-state index in [2.05, 4.69) is 5.10 Å². The zero-order valence-corrected chi connectivity index (χ0v) is 9.42. The average molecular weight is 222 g/mol. The van der Waals surface area contributed by atoms with Gasteiger partial charge in [-0.15, -0.1) is 0 Å². The molecule has 4 heteroatoms. The summed E-state index contributed by atoms with van der Waals surface area (Å²) in [4.78, 5) is 0. The molecule has 0 radical (unpaired) electrons. The number of aryl methyl sites for hydroxylation is 2. The molecule has 1 heterocycles. The molecule has 1 aromatic carbocycles. The summed E-state index contributed by atoms with van der Waals surface area (Å²) in [6.45, 7) is 3.91. The Kier molecular flexibility index (Phi) is 2.40. The maximum atomic E-state index is 5.94. The number of aromatic nitrogens is 2. The first kappa shape index (κ1) is 10.1. The van der Waals surface area contributed by atoms with E-state index in [1.807, 2.05) is 38.1 Å². The van der Waals surface area contributed by atoms with Gasteiger partial charge in [-0.1, -0.05) is 17.7 Å². The van der Waals surface area contributed by atoms with Crippen LogP contribution in [0, 0.1) is 13.8 Å². The number of benzene rings is 1. The molecule has 0 bridgehead atoms. The smallest absolute Gasteiger partial charge is 0.127 e. The molecule has 3 nitrogen and oxygen atoms in total. The lowest BCUT2D eigenvalue weighted by atomic mass is 10.2. The number of anilines is 1. The third-order valence-corrected chi connectivity index (χ3v) is 2.49. The second kappa shape index (κ2) is 3.59. The standard InChI is InChI=1S/C11H12ClN3/c1-7-3-4-9(12)6-10(7)15-11(13)5-8(2)14-15/h3-6H,13H2,1-2H3. The van der Waals surface area contributed by atoms with E-state index in [0.29, 0.717) is 10.8 Å². The minimum absolute atomic E-state index is 0.623. The minimum Gasteiger partial charge on any atom is -0.384 e. The fourth-order valence-corrected chi connectivity index (χ4v) is 1.69. The SMILES string of the molecule is Cc1cc(N)n(-c2cc(Cl)ccc2C)n1. The summed E-state index contributed by atoms with van der Waals surface area (Å²) in [5, 5.41) is 5.00. The van der Waals surface area contributed by atoms with Gasteiger partial charge in [0.1, 0.15) is 5.82 Å². The van der Waals surface area contributed by atoms with Crippen LogP contribution in [0.15, 0.2) is 24.3 Å². The number of halogens is 1. The van der Waals surface area contributed by atoms with Crippen LogP contribution in [0.4, 0.5) is 5.82 Å². The van der Waals surface area contributed by atoms with Crippen molar-refractivity contribution < 1.29 is 0 Å². The molecule has 2 rings (SSSR count). The molecular weight excluding hydrogens is 210 g/mol. The third-order valence-electron chi connectivity index (χ3n) is 2.26. The molecule has 0 aliphatic heterocycles. The Morgan fingerprint density at radius 2 is 2.00 bits per heavy atom. The highest BCUT2D eigenvalue weighted by Crippen LogP contribution is 2.21. The van der Waals surface area contributed by atoms with E-state index in [4.69, 9.17) is 17.3 Å². The van der Waals surface area contributed by atoms with Crippen LogP contribution >= 0.6 is 11.6 Å². The van der Waals surface area contributed by atoms with Crippen LogP contribution in [0.3, 0.4) is 0 Å². The van der Waals surface area contributed by atoms with Crippen molar-refractivity contribution in [1.29, 1.82) is 0 Å². The molecule has 0 amide bonds. The van der Waals surface area contributed by atoms with Crippen molar-refractivity contribution in [1.82, 2.24) is 9.78 Å². The molecule has 0 unspecified atom stereocenters. The van der Waals surface area contributed by atoms with Gasteiger partial charge in [-0.05, 0) is 31.5 Å². The van der Waals surface area contributed by atoms with Crippen LogP contribution in [0.1, 0.15) is 11.3 Å². The van der Waals surface area contributed by atoms with Crippen molar-refractivity contribution in [3.8, 4) is 5.69 Å². The van der Waals surface area contributed by atoms with Crippen LogP contribution in [0.25, 0.3) is 5.69 Å². The Labute approximate surface area is 93.5 Å². The highest BCUT2D eigenvalue weighted by molar-refractivity contribution is 6.30.